The van der Waals surface area contributed by atoms with Gasteiger partial charge in [0, 0.05) is 11.9 Å². The van der Waals surface area contributed by atoms with Gasteiger partial charge in [0.25, 0.3) is 0 Å². The Kier molecular flexibility index (Phi) is 4.51. The number of aromatic nitrogens is 2. The van der Waals surface area contributed by atoms with Crippen LogP contribution in [0.2, 0.25) is 5.02 Å². The summed E-state index contributed by atoms with van der Waals surface area (Å²) in [6, 6.07) is 4.60. The Hall–Kier alpha value is -1.70. The predicted molar refractivity (Wildman–Crippen MR) is 94.0 cm³/mol. The molecular formula is C17H19BClFN2O3. The number of benzene rings is 1. The fraction of sp³-hybridized carbons (Fsp3) is 0.412. The first-order valence-corrected chi connectivity index (χ1v) is 8.29. The van der Waals surface area contributed by atoms with Gasteiger partial charge < -0.3 is 14.0 Å². The topological polar surface area (TPSA) is 53.5 Å². The second kappa shape index (κ2) is 6.23. The molecule has 0 bridgehead atoms. The maximum atomic E-state index is 14.6. The molecule has 0 aliphatic carbocycles. The first kappa shape index (κ1) is 18.1. The molecule has 1 aliphatic heterocycles. The van der Waals surface area contributed by atoms with Crippen molar-refractivity contribution in [3.8, 4) is 11.8 Å². The Morgan fingerprint density at radius 2 is 1.80 bits per heavy atom. The molecule has 0 spiro atoms. The van der Waals surface area contributed by atoms with Gasteiger partial charge in [-0.2, -0.15) is 0 Å². The second-order valence-corrected chi connectivity index (χ2v) is 7.39. The summed E-state index contributed by atoms with van der Waals surface area (Å²) in [5.74, 6) is -0.769. The number of halogens is 2. The van der Waals surface area contributed by atoms with E-state index < -0.39 is 24.1 Å². The van der Waals surface area contributed by atoms with Crippen molar-refractivity contribution in [3.05, 3.63) is 40.9 Å². The summed E-state index contributed by atoms with van der Waals surface area (Å²) in [7, 11) is -0.707. The lowest BCUT2D eigenvalue weighted by Gasteiger charge is -2.32. The lowest BCUT2D eigenvalue weighted by molar-refractivity contribution is 0.00578. The first-order valence-electron chi connectivity index (χ1n) is 7.91. The average Bonchev–Trinajstić information content (AvgIpc) is 2.71. The van der Waals surface area contributed by atoms with Crippen molar-refractivity contribution in [2.45, 2.75) is 45.8 Å². The zero-order chi connectivity index (χ0) is 18.4. The SMILES string of the molecule is Cc1ccnc(Oc2c(F)cc(B3OC(C)(C)C(C)(C)O3)cc2Cl)n1. The van der Waals surface area contributed by atoms with E-state index in [9.17, 15) is 4.39 Å². The highest BCUT2D eigenvalue weighted by molar-refractivity contribution is 6.62. The minimum absolute atomic E-state index is 0.0317. The zero-order valence-electron chi connectivity index (χ0n) is 14.8. The quantitative estimate of drug-likeness (QED) is 0.778. The van der Waals surface area contributed by atoms with Gasteiger partial charge in [-0.15, -0.1) is 0 Å². The lowest BCUT2D eigenvalue weighted by atomic mass is 9.79. The average molecular weight is 365 g/mol. The molecule has 132 valence electrons. The maximum absolute atomic E-state index is 14.6. The standard InChI is InChI=1S/C17H19BClFN2O3/c1-10-6-7-21-15(22-10)23-14-12(19)8-11(9-13(14)20)18-24-16(2,3)17(4,5)25-18/h6-9H,1-5H3. The number of hydrogen-bond acceptors (Lipinski definition) is 5. The lowest BCUT2D eigenvalue weighted by Crippen LogP contribution is -2.41. The minimum atomic E-state index is -0.707. The monoisotopic (exact) mass is 364 g/mol. The molecule has 0 amide bonds. The van der Waals surface area contributed by atoms with Crippen LogP contribution in [0.5, 0.6) is 11.8 Å². The van der Waals surface area contributed by atoms with Crippen LogP contribution in [0, 0.1) is 12.7 Å². The van der Waals surface area contributed by atoms with Crippen molar-refractivity contribution in [2.24, 2.45) is 0 Å². The summed E-state index contributed by atoms with van der Waals surface area (Å²) in [5, 5.41) is 0.0924. The molecule has 2 aromatic rings. The van der Waals surface area contributed by atoms with Crippen molar-refractivity contribution < 1.29 is 18.4 Å². The molecule has 1 aromatic heterocycles. The van der Waals surface area contributed by atoms with Crippen LogP contribution < -0.4 is 10.2 Å². The van der Waals surface area contributed by atoms with Crippen LogP contribution in [0.1, 0.15) is 33.4 Å². The van der Waals surface area contributed by atoms with Gasteiger partial charge in [0.15, 0.2) is 11.6 Å². The van der Waals surface area contributed by atoms with Gasteiger partial charge in [0.05, 0.1) is 16.2 Å². The van der Waals surface area contributed by atoms with Gasteiger partial charge in [-0.3, -0.25) is 0 Å². The van der Waals surface area contributed by atoms with Gasteiger partial charge in [0.1, 0.15) is 0 Å². The summed E-state index contributed by atoms with van der Waals surface area (Å²) >= 11 is 6.21. The van der Waals surface area contributed by atoms with E-state index in [1.807, 2.05) is 27.7 Å². The van der Waals surface area contributed by atoms with Crippen LogP contribution in [0.3, 0.4) is 0 Å². The van der Waals surface area contributed by atoms with E-state index in [-0.39, 0.29) is 16.8 Å². The highest BCUT2D eigenvalue weighted by atomic mass is 35.5. The molecule has 3 rings (SSSR count). The fourth-order valence-corrected chi connectivity index (χ4v) is 2.61. The van der Waals surface area contributed by atoms with Crippen molar-refractivity contribution >= 4 is 24.2 Å². The van der Waals surface area contributed by atoms with Crippen molar-refractivity contribution in [1.82, 2.24) is 9.97 Å². The van der Waals surface area contributed by atoms with Crippen molar-refractivity contribution in [1.29, 1.82) is 0 Å². The Morgan fingerprint density at radius 3 is 2.36 bits per heavy atom. The maximum Gasteiger partial charge on any atom is 0.494 e. The van der Waals surface area contributed by atoms with E-state index in [0.717, 1.165) is 0 Å². The van der Waals surface area contributed by atoms with E-state index in [1.165, 1.54) is 12.3 Å². The van der Waals surface area contributed by atoms with Crippen LogP contribution in [0.25, 0.3) is 0 Å². The summed E-state index contributed by atoms with van der Waals surface area (Å²) in [4.78, 5) is 8.03. The van der Waals surface area contributed by atoms with Crippen LogP contribution in [-0.2, 0) is 9.31 Å². The van der Waals surface area contributed by atoms with Crippen LogP contribution >= 0.6 is 11.6 Å². The third-order valence-electron chi connectivity index (χ3n) is 4.51. The molecule has 2 heterocycles. The van der Waals surface area contributed by atoms with Gasteiger partial charge in [0.2, 0.25) is 0 Å². The highest BCUT2D eigenvalue weighted by Gasteiger charge is 2.52. The number of rotatable bonds is 3. The summed E-state index contributed by atoms with van der Waals surface area (Å²) in [6.45, 7) is 9.50. The van der Waals surface area contributed by atoms with Crippen LogP contribution in [-0.4, -0.2) is 28.3 Å². The van der Waals surface area contributed by atoms with Crippen molar-refractivity contribution in [3.63, 3.8) is 0 Å². The Morgan fingerprint density at radius 1 is 1.16 bits per heavy atom. The molecule has 1 fully saturated rings. The summed E-state index contributed by atoms with van der Waals surface area (Å²) < 4.78 is 31.8. The molecule has 1 aromatic carbocycles. The number of nitrogens with zero attached hydrogens (tertiary/aromatic N) is 2. The Labute approximate surface area is 151 Å². The predicted octanol–water partition coefficient (Wildman–Crippen LogP) is 3.67. The van der Waals surface area contributed by atoms with Crippen LogP contribution in [0.15, 0.2) is 24.4 Å². The number of hydrogen-bond donors (Lipinski definition) is 0. The first-order chi connectivity index (χ1) is 11.6. The van der Waals surface area contributed by atoms with E-state index >= 15 is 0 Å². The van der Waals surface area contributed by atoms with Crippen LogP contribution in [0.4, 0.5) is 4.39 Å². The molecule has 25 heavy (non-hydrogen) atoms. The third-order valence-corrected chi connectivity index (χ3v) is 4.79. The molecule has 0 atom stereocenters. The molecule has 8 heteroatoms. The van der Waals surface area contributed by atoms with E-state index in [1.54, 1.807) is 19.1 Å². The molecular weight excluding hydrogens is 345 g/mol. The van der Waals surface area contributed by atoms with E-state index in [2.05, 4.69) is 9.97 Å². The Balaban J connectivity index is 1.89. The molecule has 0 N–H and O–H groups in total. The molecule has 1 saturated heterocycles. The highest BCUT2D eigenvalue weighted by Crippen LogP contribution is 2.37. The summed E-state index contributed by atoms with van der Waals surface area (Å²) in [6.07, 6.45) is 1.53. The zero-order valence-corrected chi connectivity index (χ0v) is 15.5. The summed E-state index contributed by atoms with van der Waals surface area (Å²) in [5.41, 5.74) is 0.144. The van der Waals surface area contributed by atoms with Gasteiger partial charge in [-0.05, 0) is 58.3 Å². The molecule has 1 aliphatic rings. The molecule has 0 saturated carbocycles. The molecule has 0 unspecified atom stereocenters. The number of aryl methyl sites for hydroxylation is 1. The largest absolute Gasteiger partial charge is 0.494 e. The Bertz CT molecular complexity index is 777. The smallest absolute Gasteiger partial charge is 0.420 e. The van der Waals surface area contributed by atoms with E-state index in [4.69, 9.17) is 25.6 Å². The normalized spacial score (nSPS) is 18.4. The second-order valence-electron chi connectivity index (χ2n) is 6.98. The molecule has 0 radical (unpaired) electrons. The van der Waals surface area contributed by atoms with Gasteiger partial charge in [-0.25, -0.2) is 14.4 Å². The molecule has 5 nitrogen and oxygen atoms in total. The van der Waals surface area contributed by atoms with E-state index in [0.29, 0.717) is 11.2 Å². The van der Waals surface area contributed by atoms with Gasteiger partial charge >= 0.3 is 13.1 Å². The number of ether oxygens (including phenoxy) is 1. The van der Waals surface area contributed by atoms with Gasteiger partial charge in [-0.1, -0.05) is 11.6 Å². The minimum Gasteiger partial charge on any atom is -0.420 e. The van der Waals surface area contributed by atoms with Crippen molar-refractivity contribution in [2.75, 3.05) is 0 Å². The fourth-order valence-electron chi connectivity index (χ4n) is 2.36. The third kappa shape index (κ3) is 3.49.